The summed E-state index contributed by atoms with van der Waals surface area (Å²) >= 11 is 0. The second-order valence-electron chi connectivity index (χ2n) is 4.82. The van der Waals surface area contributed by atoms with Crippen molar-refractivity contribution in [1.82, 2.24) is 4.90 Å². The molecule has 1 aromatic rings. The summed E-state index contributed by atoms with van der Waals surface area (Å²) in [5.74, 6) is -0.537. The molecule has 0 spiro atoms. The zero-order chi connectivity index (χ0) is 14.5. The first-order valence-electron chi connectivity index (χ1n) is 6.82. The van der Waals surface area contributed by atoms with Crippen molar-refractivity contribution in [2.24, 2.45) is 0 Å². The van der Waals surface area contributed by atoms with Gasteiger partial charge in [-0.25, -0.2) is 0 Å². The molecular weight excluding hydrogens is 258 g/mol. The molecule has 1 fully saturated rings. The number of rotatable bonds is 6. The van der Waals surface area contributed by atoms with Gasteiger partial charge in [0.1, 0.15) is 6.54 Å². The molecule has 5 nitrogen and oxygen atoms in total. The smallest absolute Gasteiger partial charge is 0.325 e. The monoisotopic (exact) mass is 277 g/mol. The summed E-state index contributed by atoms with van der Waals surface area (Å²) in [6.45, 7) is 2.01. The molecule has 0 unspecified atom stereocenters. The van der Waals surface area contributed by atoms with Crippen molar-refractivity contribution >= 4 is 11.9 Å². The van der Waals surface area contributed by atoms with Crippen LogP contribution >= 0.6 is 0 Å². The summed E-state index contributed by atoms with van der Waals surface area (Å²) in [5.41, 5.74) is 1.28. The first kappa shape index (κ1) is 14.5. The van der Waals surface area contributed by atoms with E-state index < -0.39 is 0 Å². The van der Waals surface area contributed by atoms with Crippen LogP contribution in [0, 0.1) is 0 Å². The lowest BCUT2D eigenvalue weighted by Crippen LogP contribution is -2.38. The fourth-order valence-electron chi connectivity index (χ4n) is 2.02. The van der Waals surface area contributed by atoms with E-state index in [1.54, 1.807) is 36.1 Å². The van der Waals surface area contributed by atoms with Gasteiger partial charge in [-0.3, -0.25) is 9.59 Å². The van der Waals surface area contributed by atoms with Crippen molar-refractivity contribution in [2.45, 2.75) is 32.4 Å². The van der Waals surface area contributed by atoms with E-state index in [1.807, 2.05) is 0 Å². The molecule has 5 heteroatoms. The minimum absolute atomic E-state index is 0.000901. The second-order valence-corrected chi connectivity index (χ2v) is 4.82. The van der Waals surface area contributed by atoms with E-state index in [9.17, 15) is 9.59 Å². The first-order valence-corrected chi connectivity index (χ1v) is 6.82. The van der Waals surface area contributed by atoms with Gasteiger partial charge in [-0.05, 0) is 37.5 Å². The molecule has 108 valence electrons. The van der Waals surface area contributed by atoms with Crippen LogP contribution in [0.5, 0.6) is 0 Å². The summed E-state index contributed by atoms with van der Waals surface area (Å²) < 4.78 is 4.91. The molecule has 20 heavy (non-hydrogen) atoms. The van der Waals surface area contributed by atoms with E-state index >= 15 is 0 Å². The maximum Gasteiger partial charge on any atom is 0.325 e. The summed E-state index contributed by atoms with van der Waals surface area (Å²) in [4.78, 5) is 25.6. The van der Waals surface area contributed by atoms with Gasteiger partial charge in [0.2, 0.25) is 0 Å². The molecule has 0 bridgehead atoms. The summed E-state index contributed by atoms with van der Waals surface area (Å²) in [6, 6.07) is 6.92. The largest absolute Gasteiger partial charge is 0.465 e. The Morgan fingerprint density at radius 3 is 2.45 bits per heavy atom. The van der Waals surface area contributed by atoms with Crippen molar-refractivity contribution in [2.75, 3.05) is 13.2 Å². The SMILES string of the molecule is CCOC(=O)CN(C(=O)c1ccc(CO)cc1)C1CC1. The number of carbonyl (C=O) groups is 2. The van der Waals surface area contributed by atoms with Crippen LogP contribution < -0.4 is 0 Å². The number of amides is 1. The highest BCUT2D eigenvalue weighted by Crippen LogP contribution is 2.28. The van der Waals surface area contributed by atoms with Gasteiger partial charge < -0.3 is 14.7 Å². The van der Waals surface area contributed by atoms with Gasteiger partial charge in [0, 0.05) is 11.6 Å². The number of benzene rings is 1. The number of aliphatic hydroxyl groups is 1. The van der Waals surface area contributed by atoms with Gasteiger partial charge in [-0.1, -0.05) is 12.1 Å². The molecule has 0 aliphatic heterocycles. The Balaban J connectivity index is 2.07. The van der Waals surface area contributed by atoms with Crippen LogP contribution in [0.15, 0.2) is 24.3 Å². The van der Waals surface area contributed by atoms with Crippen LogP contribution in [0.2, 0.25) is 0 Å². The number of nitrogens with zero attached hydrogens (tertiary/aromatic N) is 1. The molecule has 0 saturated heterocycles. The van der Waals surface area contributed by atoms with Crippen molar-refractivity contribution in [1.29, 1.82) is 0 Å². The topological polar surface area (TPSA) is 66.8 Å². The second kappa shape index (κ2) is 6.52. The molecule has 1 amide bonds. The highest BCUT2D eigenvalue weighted by Gasteiger charge is 2.34. The van der Waals surface area contributed by atoms with E-state index in [0.29, 0.717) is 12.2 Å². The third-order valence-electron chi connectivity index (χ3n) is 3.24. The van der Waals surface area contributed by atoms with Crippen molar-refractivity contribution in [3.05, 3.63) is 35.4 Å². The molecule has 1 saturated carbocycles. The molecule has 1 N–H and O–H groups in total. The fourth-order valence-corrected chi connectivity index (χ4v) is 2.02. The minimum Gasteiger partial charge on any atom is -0.465 e. The van der Waals surface area contributed by atoms with E-state index in [2.05, 4.69) is 0 Å². The number of hydrogen-bond donors (Lipinski definition) is 1. The van der Waals surface area contributed by atoms with E-state index in [1.165, 1.54) is 0 Å². The maximum absolute atomic E-state index is 12.4. The normalized spacial score (nSPS) is 13.9. The number of ether oxygens (including phenoxy) is 1. The Morgan fingerprint density at radius 1 is 1.30 bits per heavy atom. The molecule has 0 atom stereocenters. The molecule has 0 radical (unpaired) electrons. The van der Waals surface area contributed by atoms with Crippen LogP contribution in [0.25, 0.3) is 0 Å². The lowest BCUT2D eigenvalue weighted by Gasteiger charge is -2.21. The number of carbonyl (C=O) groups excluding carboxylic acids is 2. The van der Waals surface area contributed by atoms with Crippen molar-refractivity contribution in [3.63, 3.8) is 0 Å². The molecule has 2 rings (SSSR count). The van der Waals surface area contributed by atoms with Crippen molar-refractivity contribution in [3.8, 4) is 0 Å². The Bertz CT molecular complexity index is 479. The summed E-state index contributed by atoms with van der Waals surface area (Å²) in [7, 11) is 0. The molecule has 1 aromatic carbocycles. The van der Waals surface area contributed by atoms with Gasteiger partial charge in [0.25, 0.3) is 5.91 Å². The number of aliphatic hydroxyl groups excluding tert-OH is 1. The number of esters is 1. The van der Waals surface area contributed by atoms with Gasteiger partial charge in [0.05, 0.1) is 13.2 Å². The zero-order valence-corrected chi connectivity index (χ0v) is 11.5. The Labute approximate surface area is 118 Å². The molecule has 0 aromatic heterocycles. The molecular formula is C15H19NO4. The number of hydrogen-bond acceptors (Lipinski definition) is 4. The third kappa shape index (κ3) is 3.57. The predicted octanol–water partition coefficient (Wildman–Crippen LogP) is 1.35. The van der Waals surface area contributed by atoms with E-state index in [0.717, 1.165) is 18.4 Å². The Hall–Kier alpha value is -1.88. The average molecular weight is 277 g/mol. The molecule has 0 heterocycles. The lowest BCUT2D eigenvalue weighted by atomic mass is 10.1. The standard InChI is InChI=1S/C15H19NO4/c1-2-20-14(18)9-16(13-7-8-13)15(19)12-5-3-11(10-17)4-6-12/h3-6,13,17H,2,7-10H2,1H3. The third-order valence-corrected chi connectivity index (χ3v) is 3.24. The fraction of sp³-hybridized carbons (Fsp3) is 0.467. The summed E-state index contributed by atoms with van der Waals surface area (Å²) in [5, 5.41) is 9.00. The highest BCUT2D eigenvalue weighted by molar-refractivity contribution is 5.96. The maximum atomic E-state index is 12.4. The van der Waals surface area contributed by atoms with Gasteiger partial charge in [0.15, 0.2) is 0 Å². The van der Waals surface area contributed by atoms with Crippen LogP contribution in [0.4, 0.5) is 0 Å². The highest BCUT2D eigenvalue weighted by atomic mass is 16.5. The molecule has 1 aliphatic carbocycles. The minimum atomic E-state index is -0.375. The van der Waals surface area contributed by atoms with Crippen molar-refractivity contribution < 1.29 is 19.4 Å². The van der Waals surface area contributed by atoms with Gasteiger partial charge >= 0.3 is 5.97 Å². The lowest BCUT2D eigenvalue weighted by molar-refractivity contribution is -0.144. The van der Waals surface area contributed by atoms with E-state index in [-0.39, 0.29) is 31.1 Å². The van der Waals surface area contributed by atoms with Crippen LogP contribution in [-0.2, 0) is 16.1 Å². The quantitative estimate of drug-likeness (QED) is 0.797. The van der Waals surface area contributed by atoms with Crippen LogP contribution in [0.3, 0.4) is 0 Å². The Morgan fingerprint density at radius 2 is 1.95 bits per heavy atom. The predicted molar refractivity (Wildman–Crippen MR) is 73.1 cm³/mol. The van der Waals surface area contributed by atoms with Crippen LogP contribution in [0.1, 0.15) is 35.7 Å². The summed E-state index contributed by atoms with van der Waals surface area (Å²) in [6.07, 6.45) is 1.86. The zero-order valence-electron chi connectivity index (χ0n) is 11.5. The van der Waals surface area contributed by atoms with Gasteiger partial charge in [-0.2, -0.15) is 0 Å². The molecule has 1 aliphatic rings. The first-order chi connectivity index (χ1) is 9.65. The van der Waals surface area contributed by atoms with E-state index in [4.69, 9.17) is 9.84 Å². The van der Waals surface area contributed by atoms with Gasteiger partial charge in [-0.15, -0.1) is 0 Å². The Kier molecular flexibility index (Phi) is 4.74. The van der Waals surface area contributed by atoms with Crippen LogP contribution in [-0.4, -0.2) is 41.1 Å². The average Bonchev–Trinajstić information content (AvgIpc) is 3.29.